The van der Waals surface area contributed by atoms with Crippen molar-refractivity contribution in [3.8, 4) is 0 Å². The Balaban J connectivity index is 1.80. The third kappa shape index (κ3) is 2.95. The number of amides is 2. The second-order valence-electron chi connectivity index (χ2n) is 4.43. The van der Waals surface area contributed by atoms with E-state index in [4.69, 9.17) is 9.47 Å². The molecule has 0 aromatic heterocycles. The van der Waals surface area contributed by atoms with Crippen molar-refractivity contribution in [1.82, 2.24) is 10.2 Å². The van der Waals surface area contributed by atoms with E-state index < -0.39 is 6.04 Å². The predicted octanol–water partition coefficient (Wildman–Crippen LogP) is -0.863. The summed E-state index contributed by atoms with van der Waals surface area (Å²) >= 11 is 0. The number of morpholine rings is 1. The molecule has 2 aliphatic heterocycles. The fourth-order valence-electron chi connectivity index (χ4n) is 1.88. The van der Waals surface area contributed by atoms with Crippen LogP contribution in [0.1, 0.15) is 13.8 Å². The summed E-state index contributed by atoms with van der Waals surface area (Å²) in [5, 5.41) is 2.67. The Kier molecular flexibility index (Phi) is 3.63. The molecule has 2 amide bonds. The van der Waals surface area contributed by atoms with Gasteiger partial charge >= 0.3 is 0 Å². The number of ether oxygens (including phenoxy) is 2. The summed E-state index contributed by atoms with van der Waals surface area (Å²) in [6.07, 6.45) is -0.407. The molecule has 0 aromatic rings. The van der Waals surface area contributed by atoms with Crippen LogP contribution in [0.15, 0.2) is 0 Å². The standard InChI is InChI=1S/C11H18N2O4/c1-7(12-10(14)9-8(2)17-9)11(15)13-3-5-16-6-4-13/h7-9H,3-6H2,1-2H3,(H,12,14)/t7?,8-,9+/m0/s1. The highest BCUT2D eigenvalue weighted by molar-refractivity contribution is 5.90. The van der Waals surface area contributed by atoms with E-state index in [-0.39, 0.29) is 24.0 Å². The van der Waals surface area contributed by atoms with Gasteiger partial charge in [0.2, 0.25) is 5.91 Å². The lowest BCUT2D eigenvalue weighted by Crippen LogP contribution is -2.51. The molecule has 2 rings (SSSR count). The molecule has 6 nitrogen and oxygen atoms in total. The summed E-state index contributed by atoms with van der Waals surface area (Å²) < 4.78 is 10.2. The molecule has 0 bridgehead atoms. The van der Waals surface area contributed by atoms with Crippen LogP contribution in [-0.4, -0.2) is 61.3 Å². The maximum atomic E-state index is 12.0. The van der Waals surface area contributed by atoms with Crippen LogP contribution < -0.4 is 5.32 Å². The molecule has 2 aliphatic rings. The molecule has 2 heterocycles. The molecule has 0 spiro atoms. The van der Waals surface area contributed by atoms with Crippen molar-refractivity contribution in [3.05, 3.63) is 0 Å². The lowest BCUT2D eigenvalue weighted by molar-refractivity contribution is -0.139. The molecule has 2 fully saturated rings. The first-order valence-corrected chi connectivity index (χ1v) is 5.92. The average molecular weight is 242 g/mol. The lowest BCUT2D eigenvalue weighted by atomic mass is 10.2. The summed E-state index contributed by atoms with van der Waals surface area (Å²) in [6, 6.07) is -0.503. The van der Waals surface area contributed by atoms with Gasteiger partial charge in [-0.3, -0.25) is 9.59 Å². The van der Waals surface area contributed by atoms with Crippen molar-refractivity contribution in [2.24, 2.45) is 0 Å². The number of nitrogens with one attached hydrogen (secondary N) is 1. The van der Waals surface area contributed by atoms with E-state index in [2.05, 4.69) is 5.32 Å². The van der Waals surface area contributed by atoms with Crippen molar-refractivity contribution in [2.75, 3.05) is 26.3 Å². The Morgan fingerprint density at radius 1 is 1.35 bits per heavy atom. The maximum absolute atomic E-state index is 12.0. The van der Waals surface area contributed by atoms with Crippen molar-refractivity contribution in [1.29, 1.82) is 0 Å². The zero-order valence-corrected chi connectivity index (χ0v) is 10.1. The van der Waals surface area contributed by atoms with E-state index >= 15 is 0 Å². The highest BCUT2D eigenvalue weighted by Gasteiger charge is 2.42. The molecule has 2 saturated heterocycles. The highest BCUT2D eigenvalue weighted by Crippen LogP contribution is 2.20. The van der Waals surface area contributed by atoms with Gasteiger partial charge in [-0.05, 0) is 13.8 Å². The van der Waals surface area contributed by atoms with Gasteiger partial charge in [-0.15, -0.1) is 0 Å². The summed E-state index contributed by atoms with van der Waals surface area (Å²) in [5.74, 6) is -0.262. The molecule has 0 radical (unpaired) electrons. The Labute approximate surface area is 100 Å². The van der Waals surface area contributed by atoms with Crippen molar-refractivity contribution in [3.63, 3.8) is 0 Å². The topological polar surface area (TPSA) is 71.2 Å². The minimum atomic E-state index is -0.503. The third-order valence-corrected chi connectivity index (χ3v) is 3.02. The van der Waals surface area contributed by atoms with Gasteiger partial charge in [0.25, 0.3) is 5.91 Å². The van der Waals surface area contributed by atoms with Gasteiger partial charge in [-0.25, -0.2) is 0 Å². The van der Waals surface area contributed by atoms with Crippen molar-refractivity contribution >= 4 is 11.8 Å². The maximum Gasteiger partial charge on any atom is 0.252 e. The number of carbonyl (C=O) groups is 2. The Morgan fingerprint density at radius 2 is 1.94 bits per heavy atom. The van der Waals surface area contributed by atoms with Crippen LogP contribution in [0.3, 0.4) is 0 Å². The van der Waals surface area contributed by atoms with Gasteiger partial charge in [0, 0.05) is 13.1 Å². The van der Waals surface area contributed by atoms with Gasteiger partial charge in [-0.2, -0.15) is 0 Å². The highest BCUT2D eigenvalue weighted by atomic mass is 16.6. The first kappa shape index (κ1) is 12.3. The zero-order chi connectivity index (χ0) is 12.4. The Bertz CT molecular complexity index is 315. The van der Waals surface area contributed by atoms with Crippen LogP contribution in [0.25, 0.3) is 0 Å². The SMILES string of the molecule is CC(NC(=O)[C@@H]1O[C@H]1C)C(=O)N1CCOCC1. The molecule has 0 saturated carbocycles. The minimum absolute atomic E-state index is 0.0271. The summed E-state index contributed by atoms with van der Waals surface area (Å²) in [7, 11) is 0. The fourth-order valence-corrected chi connectivity index (χ4v) is 1.88. The molecule has 0 aliphatic carbocycles. The summed E-state index contributed by atoms with van der Waals surface area (Å²) in [6.45, 7) is 5.84. The largest absolute Gasteiger partial charge is 0.378 e. The molecule has 1 N–H and O–H groups in total. The predicted molar refractivity (Wildman–Crippen MR) is 59.3 cm³/mol. The van der Waals surface area contributed by atoms with E-state index in [1.807, 2.05) is 6.92 Å². The molecule has 6 heteroatoms. The molecule has 17 heavy (non-hydrogen) atoms. The second-order valence-corrected chi connectivity index (χ2v) is 4.43. The van der Waals surface area contributed by atoms with Crippen LogP contribution >= 0.6 is 0 Å². The van der Waals surface area contributed by atoms with Crippen molar-refractivity contribution in [2.45, 2.75) is 32.1 Å². The molecular formula is C11H18N2O4. The van der Waals surface area contributed by atoms with Crippen LogP contribution in [0.2, 0.25) is 0 Å². The summed E-state index contributed by atoms with van der Waals surface area (Å²) in [5.41, 5.74) is 0. The van der Waals surface area contributed by atoms with E-state index in [9.17, 15) is 9.59 Å². The van der Waals surface area contributed by atoms with E-state index in [0.717, 1.165) is 0 Å². The summed E-state index contributed by atoms with van der Waals surface area (Å²) in [4.78, 5) is 25.3. The molecular weight excluding hydrogens is 224 g/mol. The number of epoxide rings is 1. The van der Waals surface area contributed by atoms with Crippen molar-refractivity contribution < 1.29 is 19.1 Å². The smallest absolute Gasteiger partial charge is 0.252 e. The fraction of sp³-hybridized carbons (Fsp3) is 0.818. The first-order valence-electron chi connectivity index (χ1n) is 5.92. The van der Waals surface area contributed by atoms with Gasteiger partial charge < -0.3 is 19.7 Å². The monoisotopic (exact) mass is 242 g/mol. The zero-order valence-electron chi connectivity index (χ0n) is 10.1. The van der Waals surface area contributed by atoms with Gasteiger partial charge in [0.05, 0.1) is 19.3 Å². The van der Waals surface area contributed by atoms with Gasteiger partial charge in [0.15, 0.2) is 6.10 Å². The molecule has 0 aromatic carbocycles. The van der Waals surface area contributed by atoms with E-state index in [1.54, 1.807) is 11.8 Å². The molecule has 96 valence electrons. The van der Waals surface area contributed by atoms with Gasteiger partial charge in [-0.1, -0.05) is 0 Å². The lowest BCUT2D eigenvalue weighted by Gasteiger charge is -2.29. The molecule has 1 unspecified atom stereocenters. The Morgan fingerprint density at radius 3 is 2.47 bits per heavy atom. The number of nitrogens with zero attached hydrogens (tertiary/aromatic N) is 1. The normalized spacial score (nSPS) is 29.6. The third-order valence-electron chi connectivity index (χ3n) is 3.02. The number of hydrogen-bond acceptors (Lipinski definition) is 4. The average Bonchev–Trinajstić information content (AvgIpc) is 3.06. The minimum Gasteiger partial charge on any atom is -0.378 e. The number of hydrogen-bond donors (Lipinski definition) is 1. The Hall–Kier alpha value is -1.14. The van der Waals surface area contributed by atoms with Crippen LogP contribution in [0, 0.1) is 0 Å². The molecule has 3 atom stereocenters. The van der Waals surface area contributed by atoms with Crippen LogP contribution in [0.5, 0.6) is 0 Å². The second kappa shape index (κ2) is 5.01. The number of rotatable bonds is 3. The van der Waals surface area contributed by atoms with Gasteiger partial charge in [0.1, 0.15) is 6.04 Å². The van der Waals surface area contributed by atoms with E-state index in [0.29, 0.717) is 26.3 Å². The van der Waals surface area contributed by atoms with E-state index in [1.165, 1.54) is 0 Å². The van der Waals surface area contributed by atoms with Crippen LogP contribution in [-0.2, 0) is 19.1 Å². The van der Waals surface area contributed by atoms with Crippen LogP contribution in [0.4, 0.5) is 0 Å². The first-order chi connectivity index (χ1) is 8.09. The number of carbonyl (C=O) groups excluding carboxylic acids is 2. The quantitative estimate of drug-likeness (QED) is 0.654.